The third-order valence-corrected chi connectivity index (χ3v) is 6.96. The maximum absolute atomic E-state index is 6.40. The van der Waals surface area contributed by atoms with Gasteiger partial charge in [0.15, 0.2) is 10.2 Å². The first-order valence-electron chi connectivity index (χ1n) is 11.6. The number of anilines is 1. The maximum Gasteiger partial charge on any atom is 0.174 e. The molecular weight excluding hydrogens is 474 g/mol. The predicted octanol–water partition coefficient (Wildman–Crippen LogP) is 7.10. The summed E-state index contributed by atoms with van der Waals surface area (Å²) in [5, 5.41) is 4.94. The summed E-state index contributed by atoms with van der Waals surface area (Å²) >= 11 is 7.42. The lowest BCUT2D eigenvalue weighted by Crippen LogP contribution is -2.29. The van der Waals surface area contributed by atoms with E-state index in [2.05, 4.69) is 46.4 Å². The van der Waals surface area contributed by atoms with Gasteiger partial charge in [0.1, 0.15) is 17.6 Å². The maximum atomic E-state index is 6.40. The zero-order chi connectivity index (χ0) is 24.4. The molecule has 0 spiro atoms. The van der Waals surface area contributed by atoms with Gasteiger partial charge in [0.2, 0.25) is 0 Å². The van der Waals surface area contributed by atoms with Crippen molar-refractivity contribution in [2.45, 2.75) is 48.9 Å². The van der Waals surface area contributed by atoms with Crippen LogP contribution in [0.25, 0.3) is 0 Å². The summed E-state index contributed by atoms with van der Waals surface area (Å²) in [7, 11) is 0. The molecule has 1 aliphatic heterocycles. The lowest BCUT2D eigenvalue weighted by atomic mass is 10.0. The van der Waals surface area contributed by atoms with E-state index in [9.17, 15) is 0 Å². The Labute approximate surface area is 215 Å². The number of hydrogen-bond acceptors (Lipinski definition) is 5. The Bertz CT molecular complexity index is 1290. The van der Waals surface area contributed by atoms with Crippen LogP contribution in [0.1, 0.15) is 42.9 Å². The number of pyridine rings is 1. The number of rotatable bonds is 7. The van der Waals surface area contributed by atoms with Crippen LogP contribution in [-0.4, -0.2) is 16.2 Å². The van der Waals surface area contributed by atoms with Crippen LogP contribution in [0.5, 0.6) is 5.75 Å². The second kappa shape index (κ2) is 10.1. The van der Waals surface area contributed by atoms with E-state index in [0.717, 1.165) is 32.9 Å². The van der Waals surface area contributed by atoms with Gasteiger partial charge in [0.25, 0.3) is 0 Å². The number of benzene rings is 2. The monoisotopic (exact) mass is 501 g/mol. The largest absolute Gasteiger partial charge is 0.491 e. The lowest BCUT2D eigenvalue weighted by molar-refractivity contribution is 0.242. The van der Waals surface area contributed by atoms with Gasteiger partial charge >= 0.3 is 0 Å². The van der Waals surface area contributed by atoms with Crippen molar-refractivity contribution in [2.24, 2.45) is 0 Å². The Morgan fingerprint density at radius 1 is 1.00 bits per heavy atom. The summed E-state index contributed by atoms with van der Waals surface area (Å²) < 4.78 is 12.2. The standard InChI is InChI=1S/C28H27N3O2S2/c1-18(2)32-21-11-9-20(10-12-21)31-27(26(30-28(31)34)23-6-4-5-17-29-23)24-15-16-25(33-24)35-22-13-7-19(3)8-14-22/h4-18,26-27H,1-3H3,(H,30,34)/t26-,27+/m0/s1. The molecule has 1 saturated heterocycles. The van der Waals surface area contributed by atoms with Crippen molar-refractivity contribution in [2.75, 3.05) is 4.90 Å². The van der Waals surface area contributed by atoms with E-state index >= 15 is 0 Å². The second-order valence-electron chi connectivity index (χ2n) is 8.73. The normalized spacial score (nSPS) is 17.6. The highest BCUT2D eigenvalue weighted by molar-refractivity contribution is 7.99. The number of aromatic nitrogens is 1. The molecule has 2 atom stereocenters. The van der Waals surface area contributed by atoms with Crippen LogP contribution < -0.4 is 15.0 Å². The third-order valence-electron chi connectivity index (χ3n) is 5.72. The highest BCUT2D eigenvalue weighted by Crippen LogP contribution is 2.43. The van der Waals surface area contributed by atoms with E-state index in [1.807, 2.05) is 68.4 Å². The van der Waals surface area contributed by atoms with Gasteiger partial charge in [0, 0.05) is 16.8 Å². The highest BCUT2D eigenvalue weighted by atomic mass is 32.2. The number of thiocarbonyl (C=S) groups is 1. The van der Waals surface area contributed by atoms with E-state index in [1.165, 1.54) is 5.56 Å². The minimum atomic E-state index is -0.193. The van der Waals surface area contributed by atoms with Crippen LogP contribution in [0.4, 0.5) is 5.69 Å². The number of aryl methyl sites for hydroxylation is 1. The second-order valence-corrected chi connectivity index (χ2v) is 10.2. The summed E-state index contributed by atoms with van der Waals surface area (Å²) in [4.78, 5) is 7.85. The van der Waals surface area contributed by atoms with Gasteiger partial charge < -0.3 is 19.4 Å². The molecule has 5 nitrogen and oxygen atoms in total. The van der Waals surface area contributed by atoms with Crippen molar-refractivity contribution in [1.82, 2.24) is 10.3 Å². The number of hydrogen-bond donors (Lipinski definition) is 1. The topological polar surface area (TPSA) is 50.5 Å². The fraction of sp³-hybridized carbons (Fsp3) is 0.214. The molecule has 7 heteroatoms. The SMILES string of the molecule is Cc1ccc(Sc2ccc([C@@H]3[C@H](c4ccccn4)NC(=S)N3c3ccc(OC(C)C)cc3)o2)cc1. The molecule has 178 valence electrons. The number of nitrogens with zero attached hydrogens (tertiary/aromatic N) is 2. The van der Waals surface area contributed by atoms with Crippen LogP contribution in [0, 0.1) is 6.92 Å². The van der Waals surface area contributed by atoms with Crippen molar-refractivity contribution < 1.29 is 9.15 Å². The number of nitrogens with one attached hydrogen (secondary N) is 1. The van der Waals surface area contributed by atoms with Crippen molar-refractivity contribution in [3.63, 3.8) is 0 Å². The van der Waals surface area contributed by atoms with Gasteiger partial charge in [-0.3, -0.25) is 4.98 Å². The molecule has 0 saturated carbocycles. The van der Waals surface area contributed by atoms with Gasteiger partial charge in [-0.15, -0.1) is 0 Å². The Balaban J connectivity index is 1.49. The summed E-state index contributed by atoms with van der Waals surface area (Å²) in [5.41, 5.74) is 3.11. The lowest BCUT2D eigenvalue weighted by Gasteiger charge is -2.26. The van der Waals surface area contributed by atoms with Gasteiger partial charge in [-0.1, -0.05) is 35.5 Å². The van der Waals surface area contributed by atoms with E-state index in [1.54, 1.807) is 18.0 Å². The smallest absolute Gasteiger partial charge is 0.174 e. The molecular formula is C28H27N3O2S2. The fourth-order valence-corrected chi connectivity index (χ4v) is 5.27. The Kier molecular flexibility index (Phi) is 6.79. The van der Waals surface area contributed by atoms with Crippen molar-refractivity contribution >= 4 is 34.8 Å². The fourth-order valence-electron chi connectivity index (χ4n) is 4.15. The molecule has 4 aromatic rings. The molecule has 3 heterocycles. The summed E-state index contributed by atoms with van der Waals surface area (Å²) in [6, 6.07) is 26.1. The Morgan fingerprint density at radius 3 is 2.46 bits per heavy atom. The van der Waals surface area contributed by atoms with Crippen LogP contribution in [0.15, 0.2) is 99.5 Å². The Hall–Kier alpha value is -3.29. The predicted molar refractivity (Wildman–Crippen MR) is 144 cm³/mol. The summed E-state index contributed by atoms with van der Waals surface area (Å²) in [5.74, 6) is 1.65. The molecule has 5 rings (SSSR count). The van der Waals surface area contributed by atoms with E-state index < -0.39 is 0 Å². The van der Waals surface area contributed by atoms with Gasteiger partial charge in [-0.05, 0) is 93.7 Å². The first-order chi connectivity index (χ1) is 17.0. The highest BCUT2D eigenvalue weighted by Gasteiger charge is 2.42. The zero-order valence-corrected chi connectivity index (χ0v) is 21.5. The average molecular weight is 502 g/mol. The van der Waals surface area contributed by atoms with Gasteiger partial charge in [-0.2, -0.15) is 0 Å². The van der Waals surface area contributed by atoms with E-state index in [0.29, 0.717) is 5.11 Å². The van der Waals surface area contributed by atoms with Crippen molar-refractivity contribution in [3.8, 4) is 5.75 Å². The van der Waals surface area contributed by atoms with Gasteiger partial charge in [-0.25, -0.2) is 0 Å². The molecule has 0 unspecified atom stereocenters. The van der Waals surface area contributed by atoms with Crippen LogP contribution >= 0.6 is 24.0 Å². The quantitative estimate of drug-likeness (QED) is 0.271. The summed E-state index contributed by atoms with van der Waals surface area (Å²) in [6.07, 6.45) is 1.92. The first kappa shape index (κ1) is 23.5. The molecule has 2 aromatic heterocycles. The zero-order valence-electron chi connectivity index (χ0n) is 19.8. The summed E-state index contributed by atoms with van der Waals surface area (Å²) in [6.45, 7) is 6.12. The Morgan fingerprint density at radius 2 is 1.77 bits per heavy atom. The number of ether oxygens (including phenoxy) is 1. The van der Waals surface area contributed by atoms with E-state index in [4.69, 9.17) is 21.4 Å². The average Bonchev–Trinajstić information content (AvgIpc) is 3.45. The van der Waals surface area contributed by atoms with Crippen LogP contribution in [0.3, 0.4) is 0 Å². The molecule has 1 fully saturated rings. The van der Waals surface area contributed by atoms with Crippen LogP contribution in [0.2, 0.25) is 0 Å². The van der Waals surface area contributed by atoms with Crippen molar-refractivity contribution in [1.29, 1.82) is 0 Å². The molecule has 0 radical (unpaired) electrons. The molecule has 0 aliphatic carbocycles. The number of furan rings is 1. The molecule has 2 aromatic carbocycles. The molecule has 1 N–H and O–H groups in total. The van der Waals surface area contributed by atoms with E-state index in [-0.39, 0.29) is 18.2 Å². The minimum absolute atomic E-state index is 0.115. The molecule has 0 bridgehead atoms. The van der Waals surface area contributed by atoms with Crippen molar-refractivity contribution in [3.05, 3.63) is 102 Å². The van der Waals surface area contributed by atoms with Gasteiger partial charge in [0.05, 0.1) is 17.8 Å². The third kappa shape index (κ3) is 5.21. The molecule has 1 aliphatic rings. The molecule has 35 heavy (non-hydrogen) atoms. The van der Waals surface area contributed by atoms with Crippen LogP contribution in [-0.2, 0) is 0 Å². The minimum Gasteiger partial charge on any atom is -0.491 e. The first-order valence-corrected chi connectivity index (χ1v) is 12.8. The molecule has 0 amide bonds.